The van der Waals surface area contributed by atoms with E-state index in [0.29, 0.717) is 19.0 Å². The van der Waals surface area contributed by atoms with E-state index in [4.69, 9.17) is 4.74 Å². The number of morpholine rings is 1. The highest BCUT2D eigenvalue weighted by atomic mass is 19.2. The fourth-order valence-electron chi connectivity index (χ4n) is 2.18. The normalized spacial score (nSPS) is 14.6. The molecule has 1 aliphatic rings. The Morgan fingerprint density at radius 2 is 1.87 bits per heavy atom. The van der Waals surface area contributed by atoms with E-state index in [-0.39, 0.29) is 11.4 Å². The van der Waals surface area contributed by atoms with Crippen LogP contribution in [0.4, 0.5) is 20.3 Å². The van der Waals surface area contributed by atoms with Gasteiger partial charge in [0.25, 0.3) is 5.91 Å². The number of amides is 1. The molecule has 1 amide bonds. The maximum atomic E-state index is 13.1. The van der Waals surface area contributed by atoms with Gasteiger partial charge in [-0.05, 0) is 24.3 Å². The summed E-state index contributed by atoms with van der Waals surface area (Å²) in [6, 6.07) is 6.35. The van der Waals surface area contributed by atoms with Crippen LogP contribution in [0.5, 0.6) is 0 Å². The third-order valence-corrected chi connectivity index (χ3v) is 3.40. The van der Waals surface area contributed by atoms with E-state index >= 15 is 0 Å². The number of carbonyl (C=O) groups excluding carboxylic acids is 1. The van der Waals surface area contributed by atoms with Gasteiger partial charge in [-0.3, -0.25) is 4.79 Å². The zero-order chi connectivity index (χ0) is 16.2. The van der Waals surface area contributed by atoms with E-state index in [0.717, 1.165) is 25.2 Å². The molecule has 1 aromatic carbocycles. The molecule has 0 spiro atoms. The van der Waals surface area contributed by atoms with Gasteiger partial charge in [0.1, 0.15) is 0 Å². The minimum atomic E-state index is -1.03. The van der Waals surface area contributed by atoms with Crippen molar-refractivity contribution in [3.8, 4) is 0 Å². The lowest BCUT2D eigenvalue weighted by molar-refractivity contribution is 0.102. The number of benzene rings is 1. The Morgan fingerprint density at radius 1 is 1.09 bits per heavy atom. The number of rotatable bonds is 3. The third kappa shape index (κ3) is 3.59. The van der Waals surface area contributed by atoms with Crippen LogP contribution in [-0.2, 0) is 4.74 Å². The monoisotopic (exact) mass is 320 g/mol. The van der Waals surface area contributed by atoms with E-state index in [1.54, 1.807) is 6.07 Å². The van der Waals surface area contributed by atoms with E-state index in [1.165, 1.54) is 12.1 Å². The number of hydrogen-bond acceptors (Lipinski definition) is 5. The summed E-state index contributed by atoms with van der Waals surface area (Å²) >= 11 is 0. The first-order chi connectivity index (χ1) is 11.1. The van der Waals surface area contributed by atoms with Crippen molar-refractivity contribution in [3.63, 3.8) is 0 Å². The summed E-state index contributed by atoms with van der Waals surface area (Å²) in [5.41, 5.74) is 0.236. The molecule has 1 saturated heterocycles. The number of hydrogen-bond donors (Lipinski definition) is 1. The van der Waals surface area contributed by atoms with Crippen LogP contribution in [-0.4, -0.2) is 42.4 Å². The summed E-state index contributed by atoms with van der Waals surface area (Å²) in [5, 5.41) is 10.3. The fraction of sp³-hybridized carbons (Fsp3) is 0.267. The molecule has 3 rings (SSSR count). The molecule has 8 heteroatoms. The molecule has 2 heterocycles. The highest BCUT2D eigenvalue weighted by Gasteiger charge is 2.15. The molecule has 2 aromatic rings. The second kappa shape index (κ2) is 6.66. The van der Waals surface area contributed by atoms with Crippen LogP contribution in [0.3, 0.4) is 0 Å². The van der Waals surface area contributed by atoms with Crippen LogP contribution >= 0.6 is 0 Å². The SMILES string of the molecule is O=C(Nc1ccc(F)c(F)c1)c1ccc(N2CCOCC2)nn1. The molecule has 0 saturated carbocycles. The van der Waals surface area contributed by atoms with Gasteiger partial charge in [-0.1, -0.05) is 0 Å². The number of nitrogens with one attached hydrogen (secondary N) is 1. The lowest BCUT2D eigenvalue weighted by Gasteiger charge is -2.27. The Hall–Kier alpha value is -2.61. The molecule has 1 N–H and O–H groups in total. The molecule has 0 unspecified atom stereocenters. The maximum Gasteiger partial charge on any atom is 0.276 e. The van der Waals surface area contributed by atoms with Gasteiger partial charge in [-0.15, -0.1) is 10.2 Å². The highest BCUT2D eigenvalue weighted by Crippen LogP contribution is 2.15. The third-order valence-electron chi connectivity index (χ3n) is 3.40. The number of halogens is 2. The Morgan fingerprint density at radius 3 is 2.52 bits per heavy atom. The van der Waals surface area contributed by atoms with Crippen LogP contribution in [0.25, 0.3) is 0 Å². The molecule has 1 fully saturated rings. The average molecular weight is 320 g/mol. The molecule has 0 atom stereocenters. The van der Waals surface area contributed by atoms with Crippen molar-refractivity contribution >= 4 is 17.4 Å². The Kier molecular flexibility index (Phi) is 4.42. The minimum absolute atomic E-state index is 0.0896. The van der Waals surface area contributed by atoms with Gasteiger partial charge in [0.2, 0.25) is 0 Å². The summed E-state index contributed by atoms with van der Waals surface area (Å²) in [6.45, 7) is 2.68. The summed E-state index contributed by atoms with van der Waals surface area (Å²) in [5.74, 6) is -1.89. The topological polar surface area (TPSA) is 67.4 Å². The van der Waals surface area contributed by atoms with E-state index in [2.05, 4.69) is 15.5 Å². The zero-order valence-electron chi connectivity index (χ0n) is 12.1. The number of nitrogens with zero attached hydrogens (tertiary/aromatic N) is 3. The van der Waals surface area contributed by atoms with Crippen molar-refractivity contribution in [2.45, 2.75) is 0 Å². The van der Waals surface area contributed by atoms with Crippen LogP contribution in [0.15, 0.2) is 30.3 Å². The second-order valence-corrected chi connectivity index (χ2v) is 4.96. The van der Waals surface area contributed by atoms with Crippen molar-refractivity contribution in [2.24, 2.45) is 0 Å². The van der Waals surface area contributed by atoms with Crippen LogP contribution < -0.4 is 10.2 Å². The first-order valence-electron chi connectivity index (χ1n) is 7.06. The summed E-state index contributed by atoms with van der Waals surface area (Å²) in [6.07, 6.45) is 0. The maximum absolute atomic E-state index is 13.1. The molecule has 0 aliphatic carbocycles. The standard InChI is InChI=1S/C15H14F2N4O2/c16-11-2-1-10(9-12(11)17)18-15(22)13-3-4-14(20-19-13)21-5-7-23-8-6-21/h1-4,9H,5-8H2,(H,18,22). The molecule has 0 bridgehead atoms. The van der Waals surface area contributed by atoms with Crippen molar-refractivity contribution in [1.29, 1.82) is 0 Å². The van der Waals surface area contributed by atoms with E-state index in [1.807, 2.05) is 4.90 Å². The second-order valence-electron chi connectivity index (χ2n) is 4.96. The average Bonchev–Trinajstić information content (AvgIpc) is 2.59. The Bertz CT molecular complexity index is 703. The molecule has 23 heavy (non-hydrogen) atoms. The van der Waals surface area contributed by atoms with Crippen molar-refractivity contribution in [3.05, 3.63) is 47.7 Å². The first-order valence-corrected chi connectivity index (χ1v) is 7.06. The molecule has 1 aliphatic heterocycles. The first kappa shape index (κ1) is 15.3. The lowest BCUT2D eigenvalue weighted by atomic mass is 10.2. The van der Waals surface area contributed by atoms with Gasteiger partial charge in [0.15, 0.2) is 23.1 Å². The van der Waals surface area contributed by atoms with E-state index < -0.39 is 17.5 Å². The van der Waals surface area contributed by atoms with Crippen LogP contribution in [0.1, 0.15) is 10.5 Å². The molecule has 120 valence electrons. The molecular weight excluding hydrogens is 306 g/mol. The summed E-state index contributed by atoms with van der Waals surface area (Å²) in [7, 11) is 0. The lowest BCUT2D eigenvalue weighted by Crippen LogP contribution is -2.37. The molecule has 6 nitrogen and oxygen atoms in total. The van der Waals surface area contributed by atoms with Gasteiger partial charge < -0.3 is 15.0 Å². The summed E-state index contributed by atoms with van der Waals surface area (Å²) < 4.78 is 31.2. The van der Waals surface area contributed by atoms with Crippen LogP contribution in [0.2, 0.25) is 0 Å². The number of carbonyl (C=O) groups is 1. The quantitative estimate of drug-likeness (QED) is 0.935. The van der Waals surface area contributed by atoms with Gasteiger partial charge in [0.05, 0.1) is 13.2 Å². The Balaban J connectivity index is 1.68. The van der Waals surface area contributed by atoms with Gasteiger partial charge in [0, 0.05) is 24.8 Å². The van der Waals surface area contributed by atoms with E-state index in [9.17, 15) is 13.6 Å². The summed E-state index contributed by atoms with van der Waals surface area (Å²) in [4.78, 5) is 14.0. The van der Waals surface area contributed by atoms with Crippen molar-refractivity contribution in [2.75, 3.05) is 36.5 Å². The molecule has 0 radical (unpaired) electrons. The smallest absolute Gasteiger partial charge is 0.276 e. The number of aromatic nitrogens is 2. The van der Waals surface area contributed by atoms with Crippen molar-refractivity contribution in [1.82, 2.24) is 10.2 Å². The van der Waals surface area contributed by atoms with Crippen LogP contribution in [0, 0.1) is 11.6 Å². The Labute approximate surface area is 131 Å². The largest absolute Gasteiger partial charge is 0.378 e. The van der Waals surface area contributed by atoms with Gasteiger partial charge in [-0.2, -0.15) is 0 Å². The van der Waals surface area contributed by atoms with Gasteiger partial charge in [-0.25, -0.2) is 8.78 Å². The minimum Gasteiger partial charge on any atom is -0.378 e. The zero-order valence-corrected chi connectivity index (χ0v) is 12.1. The molecule has 1 aromatic heterocycles. The number of ether oxygens (including phenoxy) is 1. The fourth-order valence-corrected chi connectivity index (χ4v) is 2.18. The van der Waals surface area contributed by atoms with Gasteiger partial charge >= 0.3 is 0 Å². The predicted octanol–water partition coefficient (Wildman–Crippen LogP) is 1.84. The number of anilines is 2. The van der Waals surface area contributed by atoms with Crippen molar-refractivity contribution < 1.29 is 18.3 Å². The molecular formula is C15H14F2N4O2. The highest BCUT2D eigenvalue weighted by molar-refractivity contribution is 6.02. The predicted molar refractivity (Wildman–Crippen MR) is 79.4 cm³/mol.